The maximum absolute atomic E-state index is 14.4. The van der Waals surface area contributed by atoms with Gasteiger partial charge < -0.3 is 4.90 Å². The summed E-state index contributed by atoms with van der Waals surface area (Å²) in [5.41, 5.74) is -1.50. The van der Waals surface area contributed by atoms with Crippen molar-refractivity contribution in [1.29, 1.82) is 5.26 Å². The van der Waals surface area contributed by atoms with Crippen LogP contribution in [0.5, 0.6) is 0 Å². The minimum Gasteiger partial charge on any atom is -0.350 e. The van der Waals surface area contributed by atoms with E-state index in [2.05, 4.69) is 20.1 Å². The van der Waals surface area contributed by atoms with Gasteiger partial charge in [0.05, 0.1) is 17.4 Å². The highest BCUT2D eigenvalue weighted by atomic mass is 35.5. The Morgan fingerprint density at radius 2 is 2.14 bits per heavy atom. The predicted octanol–water partition coefficient (Wildman–Crippen LogP) is 3.42. The van der Waals surface area contributed by atoms with E-state index in [9.17, 15) is 13.2 Å². The lowest BCUT2D eigenvalue weighted by Crippen LogP contribution is -2.27. The molecule has 1 aliphatic heterocycles. The number of rotatable bonds is 3. The number of nitriles is 1. The van der Waals surface area contributed by atoms with Gasteiger partial charge in [-0.25, -0.2) is 24.0 Å². The van der Waals surface area contributed by atoms with Crippen LogP contribution in [0.1, 0.15) is 19.2 Å². The van der Waals surface area contributed by atoms with Crippen molar-refractivity contribution in [1.82, 2.24) is 24.7 Å². The Kier molecular flexibility index (Phi) is 4.15. The van der Waals surface area contributed by atoms with Gasteiger partial charge in [0.25, 0.3) is 0 Å². The highest BCUT2D eigenvalue weighted by Crippen LogP contribution is 2.34. The summed E-state index contributed by atoms with van der Waals surface area (Å²) < 4.78 is 43.0. The number of halogens is 4. The minimum atomic E-state index is -3.23. The Balaban J connectivity index is 1.87. The zero-order valence-corrected chi connectivity index (χ0v) is 15.3. The monoisotopic (exact) mass is 407 g/mol. The van der Waals surface area contributed by atoms with Crippen LogP contribution in [-0.2, 0) is 5.92 Å². The zero-order valence-electron chi connectivity index (χ0n) is 14.6. The largest absolute Gasteiger partial charge is 0.350 e. The maximum Gasteiger partial charge on any atom is 0.303 e. The van der Waals surface area contributed by atoms with E-state index >= 15 is 0 Å². The van der Waals surface area contributed by atoms with Crippen LogP contribution in [0, 0.1) is 11.3 Å². The van der Waals surface area contributed by atoms with Gasteiger partial charge in [0.15, 0.2) is 11.6 Å². The van der Waals surface area contributed by atoms with Crippen molar-refractivity contribution in [2.45, 2.75) is 24.9 Å². The van der Waals surface area contributed by atoms with Gasteiger partial charge in [-0.3, -0.25) is 0 Å². The Labute approximate surface area is 162 Å². The summed E-state index contributed by atoms with van der Waals surface area (Å²) in [5, 5.41) is 14.2. The molecule has 0 radical (unpaired) electrons. The van der Waals surface area contributed by atoms with Crippen molar-refractivity contribution in [3.8, 4) is 11.9 Å². The summed E-state index contributed by atoms with van der Waals surface area (Å²) >= 11 is 6.00. The van der Waals surface area contributed by atoms with E-state index in [1.807, 2.05) is 0 Å². The molecule has 28 heavy (non-hydrogen) atoms. The molecule has 0 aliphatic carbocycles. The highest BCUT2D eigenvalue weighted by Gasteiger charge is 2.40. The smallest absolute Gasteiger partial charge is 0.303 e. The van der Waals surface area contributed by atoms with Crippen molar-refractivity contribution in [2.75, 3.05) is 18.0 Å². The van der Waals surface area contributed by atoms with Crippen molar-refractivity contribution in [3.63, 3.8) is 0 Å². The number of fused-ring (bicyclic) bond motifs is 1. The van der Waals surface area contributed by atoms with Gasteiger partial charge >= 0.3 is 5.92 Å². The molecule has 7 nitrogen and oxygen atoms in total. The molecule has 0 aromatic carbocycles. The predicted molar refractivity (Wildman–Crippen MR) is 95.3 cm³/mol. The molecule has 0 amide bonds. The van der Waals surface area contributed by atoms with Crippen LogP contribution in [0.15, 0.2) is 24.5 Å². The fourth-order valence-electron chi connectivity index (χ4n) is 3.10. The Hall–Kier alpha value is -2.93. The summed E-state index contributed by atoms with van der Waals surface area (Å²) in [7, 11) is 0. The van der Waals surface area contributed by atoms with Crippen LogP contribution < -0.4 is 4.90 Å². The van der Waals surface area contributed by atoms with Gasteiger partial charge in [0, 0.05) is 44.4 Å². The lowest BCUT2D eigenvalue weighted by Gasteiger charge is -2.15. The van der Waals surface area contributed by atoms with Crippen LogP contribution in [0.25, 0.3) is 16.7 Å². The number of aromatic nitrogens is 5. The Bertz CT molecular complexity index is 1100. The number of nitrogens with zero attached hydrogens (tertiary/aromatic N) is 7. The molecular formula is C17H13ClF3N7. The molecule has 0 saturated carbocycles. The van der Waals surface area contributed by atoms with Gasteiger partial charge in [-0.2, -0.15) is 14.0 Å². The quantitative estimate of drug-likeness (QED) is 0.619. The average Bonchev–Trinajstić information content (AvgIpc) is 3.22. The third-order valence-electron chi connectivity index (χ3n) is 4.48. The number of hydrogen-bond donors (Lipinski definition) is 0. The van der Waals surface area contributed by atoms with E-state index in [1.165, 1.54) is 29.2 Å². The third kappa shape index (κ3) is 3.11. The number of pyridine rings is 1. The van der Waals surface area contributed by atoms with Crippen LogP contribution >= 0.6 is 11.6 Å². The molecule has 4 rings (SSSR count). The molecule has 11 heteroatoms. The van der Waals surface area contributed by atoms with Crippen LogP contribution in [-0.4, -0.2) is 43.5 Å². The fraction of sp³-hybridized carbons (Fsp3) is 0.353. The highest BCUT2D eigenvalue weighted by molar-refractivity contribution is 6.30. The van der Waals surface area contributed by atoms with E-state index in [4.69, 9.17) is 16.9 Å². The maximum atomic E-state index is 14.4. The first-order valence-electron chi connectivity index (χ1n) is 8.31. The summed E-state index contributed by atoms with van der Waals surface area (Å²) in [5.74, 6) is -3.39. The zero-order chi connectivity index (χ0) is 20.1. The second-order valence-electron chi connectivity index (χ2n) is 6.64. The molecule has 0 bridgehead atoms. The molecule has 0 spiro atoms. The molecule has 4 heterocycles. The van der Waals surface area contributed by atoms with E-state index in [1.54, 1.807) is 11.0 Å². The average molecular weight is 408 g/mol. The fourth-order valence-corrected chi connectivity index (χ4v) is 3.25. The minimum absolute atomic E-state index is 0.0403. The van der Waals surface area contributed by atoms with Gasteiger partial charge in [-0.05, 0) is 0 Å². The molecule has 3 aromatic rings. The van der Waals surface area contributed by atoms with Gasteiger partial charge in [-0.15, -0.1) is 5.10 Å². The first kappa shape index (κ1) is 18.4. The Morgan fingerprint density at radius 3 is 2.82 bits per heavy atom. The van der Waals surface area contributed by atoms with Crippen molar-refractivity contribution in [2.24, 2.45) is 0 Å². The second-order valence-corrected chi connectivity index (χ2v) is 7.02. The van der Waals surface area contributed by atoms with Gasteiger partial charge in [-0.1, -0.05) is 11.6 Å². The first-order chi connectivity index (χ1) is 13.2. The van der Waals surface area contributed by atoms with Crippen LogP contribution in [0.3, 0.4) is 0 Å². The number of alkyl halides is 3. The topological polar surface area (TPSA) is 83.5 Å². The molecule has 1 fully saturated rings. The normalized spacial score (nSPS) is 19.9. The Morgan fingerprint density at radius 1 is 1.36 bits per heavy atom. The summed E-state index contributed by atoms with van der Waals surface area (Å²) in [6, 6.07) is 4.62. The first-order valence-corrected chi connectivity index (χ1v) is 8.69. The van der Waals surface area contributed by atoms with Crippen molar-refractivity contribution >= 4 is 28.3 Å². The lowest BCUT2D eigenvalue weighted by molar-refractivity contribution is 0.00763. The molecule has 1 unspecified atom stereocenters. The standard InChI is InChI=1S/C17H13ClF3N7/c1-16(19,20)15-23-4-2-13(25-15)28-11-6-12(18)24-7-10(11)14(26-28)27-5-3-17(21,8-22)9-27/h2,4,6-7H,3,5,9H2,1H3. The molecule has 3 aromatic heterocycles. The van der Waals surface area contributed by atoms with E-state index in [0.717, 1.165) is 0 Å². The summed E-state index contributed by atoms with van der Waals surface area (Å²) in [6.45, 7) is 0.827. The number of anilines is 1. The molecule has 144 valence electrons. The molecular weight excluding hydrogens is 395 g/mol. The SMILES string of the molecule is CC(F)(F)c1nccc(-n2nc(N3CCC(F)(C#N)C3)c3cnc(Cl)cc32)n1. The molecule has 1 saturated heterocycles. The van der Waals surface area contributed by atoms with Crippen LogP contribution in [0.4, 0.5) is 19.0 Å². The lowest BCUT2D eigenvalue weighted by atomic mass is 10.1. The third-order valence-corrected chi connectivity index (χ3v) is 4.69. The van der Waals surface area contributed by atoms with E-state index < -0.39 is 17.4 Å². The summed E-state index contributed by atoms with van der Waals surface area (Å²) in [6.07, 6.45) is 2.72. The second kappa shape index (κ2) is 6.31. The molecule has 0 N–H and O–H groups in total. The molecule has 1 aliphatic rings. The molecule has 1 atom stereocenters. The van der Waals surface area contributed by atoms with Crippen molar-refractivity contribution < 1.29 is 13.2 Å². The van der Waals surface area contributed by atoms with E-state index in [-0.39, 0.29) is 30.5 Å². The van der Waals surface area contributed by atoms with Gasteiger partial charge in [0.1, 0.15) is 11.2 Å². The summed E-state index contributed by atoms with van der Waals surface area (Å²) in [4.78, 5) is 13.2. The number of hydrogen-bond acceptors (Lipinski definition) is 6. The van der Waals surface area contributed by atoms with Crippen molar-refractivity contribution in [3.05, 3.63) is 35.5 Å². The van der Waals surface area contributed by atoms with Gasteiger partial charge in [0.2, 0.25) is 11.5 Å². The van der Waals surface area contributed by atoms with Crippen LogP contribution in [0.2, 0.25) is 5.15 Å². The van der Waals surface area contributed by atoms with E-state index in [0.29, 0.717) is 23.6 Å².